The number of aromatic nitrogens is 1. The van der Waals surface area contributed by atoms with Crippen LogP contribution in [-0.4, -0.2) is 47.0 Å². The zero-order chi connectivity index (χ0) is 24.7. The number of nitrogens with zero attached hydrogens (tertiary/aromatic N) is 3. The Morgan fingerprint density at radius 3 is 2.55 bits per heavy atom. The van der Waals surface area contributed by atoms with Gasteiger partial charge in [-0.2, -0.15) is 0 Å². The number of ether oxygens (including phenoxy) is 1. The number of hydrogen-bond acceptors (Lipinski definition) is 4. The molecule has 1 atom stereocenters. The smallest absolute Gasteiger partial charge is 0.216 e. The van der Waals surface area contributed by atoms with Crippen LogP contribution in [0.2, 0.25) is 0 Å². The molecule has 168 valence electrons. The summed E-state index contributed by atoms with van der Waals surface area (Å²) in [7, 11) is -2.49. The summed E-state index contributed by atoms with van der Waals surface area (Å²) >= 11 is 0. The fourth-order valence-corrected chi connectivity index (χ4v) is 4.99. The summed E-state index contributed by atoms with van der Waals surface area (Å²) in [6, 6.07) is 13.2. The van der Waals surface area contributed by atoms with Crippen molar-refractivity contribution in [1.82, 2.24) is 14.8 Å². The molecule has 0 radical (unpaired) electrons. The summed E-state index contributed by atoms with van der Waals surface area (Å²) in [6.07, 6.45) is 2.15. The molecule has 0 N–H and O–H groups in total. The van der Waals surface area contributed by atoms with E-state index in [4.69, 9.17) is 8.85 Å². The van der Waals surface area contributed by atoms with Crippen molar-refractivity contribution >= 4 is 0 Å². The maximum atomic E-state index is 7.56. The Morgan fingerprint density at radius 1 is 1.10 bits per heavy atom. The lowest BCUT2D eigenvalue weighted by atomic mass is 9.88. The molecule has 1 aromatic carbocycles. The second kappa shape index (κ2) is 8.91. The van der Waals surface area contributed by atoms with Crippen molar-refractivity contribution < 1.29 is 8.85 Å². The fourth-order valence-electron chi connectivity index (χ4n) is 4.99. The summed E-state index contributed by atoms with van der Waals surface area (Å²) in [6.45, 7) is 14.9. The predicted molar refractivity (Wildman–Crippen MR) is 128 cm³/mol. The molecule has 4 heteroatoms. The van der Waals surface area contributed by atoms with E-state index in [1.807, 2.05) is 12.1 Å². The van der Waals surface area contributed by atoms with Gasteiger partial charge in [-0.1, -0.05) is 44.2 Å². The van der Waals surface area contributed by atoms with Crippen LogP contribution in [0, 0.1) is 0 Å². The first-order valence-corrected chi connectivity index (χ1v) is 11.7. The molecule has 2 heterocycles. The van der Waals surface area contributed by atoms with Crippen LogP contribution in [0.4, 0.5) is 0 Å². The first kappa shape index (κ1) is 18.6. The minimum atomic E-state index is -2.49. The summed E-state index contributed by atoms with van der Waals surface area (Å²) in [5.74, 6) is 1.13. The molecule has 2 fully saturated rings. The number of rotatable bonds is 6. The van der Waals surface area contributed by atoms with Gasteiger partial charge in [-0.25, -0.2) is 4.98 Å². The fraction of sp³-hybridized carbons (Fsp3) is 0.593. The molecular weight excluding hydrogens is 382 g/mol. The maximum Gasteiger partial charge on any atom is 0.216 e. The lowest BCUT2D eigenvalue weighted by molar-refractivity contribution is 0.00512. The summed E-state index contributed by atoms with van der Waals surface area (Å²) in [5.41, 5.74) is 4.67. The standard InChI is InChI=1S/C27H39N3O/c1-19(2)22-9-7-8-10-24(22)25-18-29(15-16-30(25)27(3,4)5)17-21-13-14-23(20-11-12-20)26(28-21)31-6/h7-10,13-14,19-20,25H,11-12,15-18H2,1-6H3/i6D3. The van der Waals surface area contributed by atoms with Gasteiger partial charge in [-0.3, -0.25) is 9.80 Å². The van der Waals surface area contributed by atoms with Crippen LogP contribution in [-0.2, 0) is 6.54 Å². The largest absolute Gasteiger partial charge is 0.481 e. The maximum absolute atomic E-state index is 7.56. The van der Waals surface area contributed by atoms with Gasteiger partial charge in [0.1, 0.15) is 0 Å². The molecule has 1 aromatic heterocycles. The highest BCUT2D eigenvalue weighted by Crippen LogP contribution is 2.43. The van der Waals surface area contributed by atoms with Gasteiger partial charge in [0.2, 0.25) is 5.88 Å². The van der Waals surface area contributed by atoms with E-state index in [0.717, 1.165) is 43.7 Å². The third-order valence-corrected chi connectivity index (χ3v) is 6.75. The lowest BCUT2D eigenvalue weighted by Crippen LogP contribution is -2.55. The molecule has 31 heavy (non-hydrogen) atoms. The zero-order valence-electron chi connectivity index (χ0n) is 22.7. The Kier molecular flexibility index (Phi) is 5.36. The van der Waals surface area contributed by atoms with Gasteiger partial charge in [-0.15, -0.1) is 0 Å². The molecule has 2 aliphatic rings. The molecule has 4 rings (SSSR count). The molecule has 1 saturated heterocycles. The van der Waals surface area contributed by atoms with Crippen molar-refractivity contribution in [2.75, 3.05) is 26.7 Å². The average Bonchev–Trinajstić information content (AvgIpc) is 3.57. The van der Waals surface area contributed by atoms with Gasteiger partial charge in [0, 0.05) is 43.3 Å². The normalized spacial score (nSPS) is 22.8. The van der Waals surface area contributed by atoms with E-state index in [-0.39, 0.29) is 17.5 Å². The number of piperazine rings is 1. The van der Waals surface area contributed by atoms with Crippen molar-refractivity contribution in [3.63, 3.8) is 0 Å². The first-order chi connectivity index (χ1) is 15.9. The van der Waals surface area contributed by atoms with Crippen molar-refractivity contribution in [3.05, 3.63) is 58.8 Å². The van der Waals surface area contributed by atoms with E-state index in [1.165, 1.54) is 11.1 Å². The molecule has 1 aliphatic heterocycles. The van der Waals surface area contributed by atoms with Gasteiger partial charge < -0.3 is 4.74 Å². The van der Waals surface area contributed by atoms with Crippen LogP contribution >= 0.6 is 0 Å². The Bertz CT molecular complexity index is 995. The molecule has 1 aliphatic carbocycles. The van der Waals surface area contributed by atoms with Crippen molar-refractivity contribution in [2.45, 2.75) is 77.4 Å². The zero-order valence-corrected chi connectivity index (χ0v) is 19.7. The molecule has 0 spiro atoms. The number of hydrogen-bond donors (Lipinski definition) is 0. The molecule has 0 bridgehead atoms. The van der Waals surface area contributed by atoms with Gasteiger partial charge in [0.25, 0.3) is 0 Å². The Balaban J connectivity index is 1.59. The molecular formula is C27H39N3O. The molecule has 4 nitrogen and oxygen atoms in total. The minimum Gasteiger partial charge on any atom is -0.481 e. The minimum absolute atomic E-state index is 0.0612. The van der Waals surface area contributed by atoms with Gasteiger partial charge in [-0.05, 0) is 62.6 Å². The average molecular weight is 425 g/mol. The van der Waals surface area contributed by atoms with E-state index >= 15 is 0 Å². The van der Waals surface area contributed by atoms with Gasteiger partial charge >= 0.3 is 0 Å². The molecule has 1 unspecified atom stereocenters. The highest BCUT2D eigenvalue weighted by atomic mass is 16.5. The van der Waals surface area contributed by atoms with Gasteiger partial charge in [0.05, 0.1) is 16.8 Å². The van der Waals surface area contributed by atoms with Crippen molar-refractivity contribution in [2.24, 2.45) is 0 Å². The van der Waals surface area contributed by atoms with Crippen LogP contribution in [0.5, 0.6) is 5.88 Å². The van der Waals surface area contributed by atoms with Crippen molar-refractivity contribution in [3.8, 4) is 5.88 Å². The third kappa shape index (κ3) is 4.96. The van der Waals surface area contributed by atoms with Crippen molar-refractivity contribution in [1.29, 1.82) is 0 Å². The van der Waals surface area contributed by atoms with E-state index in [0.29, 0.717) is 18.4 Å². The quantitative estimate of drug-likeness (QED) is 0.590. The van der Waals surface area contributed by atoms with E-state index in [1.54, 1.807) is 0 Å². The summed E-state index contributed by atoms with van der Waals surface area (Å²) in [5, 5.41) is 0. The predicted octanol–water partition coefficient (Wildman–Crippen LogP) is 5.75. The highest BCUT2D eigenvalue weighted by molar-refractivity contribution is 5.35. The van der Waals surface area contributed by atoms with E-state index in [2.05, 4.69) is 73.7 Å². The highest BCUT2D eigenvalue weighted by Gasteiger charge is 2.36. The summed E-state index contributed by atoms with van der Waals surface area (Å²) < 4.78 is 28.0. The molecule has 1 saturated carbocycles. The Labute approximate surface area is 192 Å². The number of benzene rings is 1. The van der Waals surface area contributed by atoms with Crippen LogP contribution < -0.4 is 4.74 Å². The molecule has 0 amide bonds. The van der Waals surface area contributed by atoms with Crippen LogP contribution in [0.25, 0.3) is 0 Å². The number of methoxy groups -OCH3 is 1. The van der Waals surface area contributed by atoms with Crippen LogP contribution in [0.15, 0.2) is 36.4 Å². The van der Waals surface area contributed by atoms with Gasteiger partial charge in [0.15, 0.2) is 0 Å². The monoisotopic (exact) mass is 424 g/mol. The van der Waals surface area contributed by atoms with Crippen LogP contribution in [0.1, 0.15) is 91.8 Å². The Hall–Kier alpha value is -1.91. The SMILES string of the molecule is [2H]C([2H])([2H])Oc1nc(CN2CCN(C(C)(C)C)C(c3ccccc3C(C)C)C2)ccc1C1CC1. The van der Waals surface area contributed by atoms with Crippen LogP contribution in [0.3, 0.4) is 0 Å². The summed E-state index contributed by atoms with van der Waals surface area (Å²) in [4.78, 5) is 9.76. The third-order valence-electron chi connectivity index (χ3n) is 6.75. The second-order valence-electron chi connectivity index (χ2n) is 10.5. The second-order valence-corrected chi connectivity index (χ2v) is 10.5. The number of pyridine rings is 1. The lowest BCUT2D eigenvalue weighted by Gasteiger charge is -2.48. The van der Waals surface area contributed by atoms with E-state index < -0.39 is 7.04 Å². The first-order valence-electron chi connectivity index (χ1n) is 13.2. The van der Waals surface area contributed by atoms with E-state index in [9.17, 15) is 0 Å². The molecule has 2 aromatic rings. The topological polar surface area (TPSA) is 28.6 Å². The Morgan fingerprint density at radius 2 is 1.87 bits per heavy atom.